The molecular weight excluding hydrogens is 134 g/mol. The fraction of sp³-hybridized carbons (Fsp3) is 0.833. The minimum absolute atomic E-state index is 0.171. The highest BCUT2D eigenvalue weighted by molar-refractivity contribution is 5.65. The molecule has 1 atom stereocenters. The summed E-state index contributed by atoms with van der Waals surface area (Å²) in [6, 6.07) is 0. The highest BCUT2D eigenvalue weighted by Crippen LogP contribution is 2.06. The first-order valence-electron chi connectivity index (χ1n) is 3.16. The summed E-state index contributed by atoms with van der Waals surface area (Å²) in [7, 11) is 0. The van der Waals surface area contributed by atoms with Crippen LogP contribution in [0.2, 0.25) is 0 Å². The van der Waals surface area contributed by atoms with Crippen LogP contribution in [0.4, 0.5) is 4.79 Å². The number of carbonyl (C=O) groups is 1. The highest BCUT2D eigenvalue weighted by atomic mass is 16.4. The number of hydrogen-bond donors (Lipinski definition) is 3. The number of hydrogen-bond acceptors (Lipinski definition) is 2. The normalized spacial score (nSPS) is 15.9. The molecule has 10 heavy (non-hydrogen) atoms. The Morgan fingerprint density at radius 3 is 2.30 bits per heavy atom. The third-order valence-electron chi connectivity index (χ3n) is 1.54. The van der Waals surface area contributed by atoms with Crippen LogP contribution in [0.5, 0.6) is 0 Å². The Morgan fingerprint density at radius 2 is 2.20 bits per heavy atom. The van der Waals surface area contributed by atoms with E-state index >= 15 is 0 Å². The maximum Gasteiger partial charge on any atom is 0.405 e. The first-order chi connectivity index (χ1) is 4.54. The summed E-state index contributed by atoms with van der Waals surface area (Å²) in [4.78, 5) is 10.1. The zero-order valence-electron chi connectivity index (χ0n) is 6.22. The van der Waals surface area contributed by atoms with Crippen LogP contribution in [-0.4, -0.2) is 28.5 Å². The average molecular weight is 147 g/mol. The van der Waals surface area contributed by atoms with E-state index in [1.165, 1.54) is 0 Å². The third kappa shape index (κ3) is 2.68. The molecule has 4 nitrogen and oxygen atoms in total. The van der Waals surface area contributed by atoms with Crippen LogP contribution in [0.15, 0.2) is 0 Å². The van der Waals surface area contributed by atoms with Gasteiger partial charge in [0.2, 0.25) is 0 Å². The lowest BCUT2D eigenvalue weighted by molar-refractivity contribution is 0.144. The largest absolute Gasteiger partial charge is 0.465 e. The van der Waals surface area contributed by atoms with Crippen molar-refractivity contribution in [2.24, 2.45) is 0 Å². The molecule has 60 valence electrons. The van der Waals surface area contributed by atoms with E-state index in [4.69, 9.17) is 10.2 Å². The second-order valence-electron chi connectivity index (χ2n) is 2.50. The van der Waals surface area contributed by atoms with Crippen molar-refractivity contribution in [1.82, 2.24) is 5.32 Å². The van der Waals surface area contributed by atoms with Crippen LogP contribution >= 0.6 is 0 Å². The smallest absolute Gasteiger partial charge is 0.405 e. The van der Waals surface area contributed by atoms with Gasteiger partial charge >= 0.3 is 6.09 Å². The van der Waals surface area contributed by atoms with Crippen molar-refractivity contribution >= 4 is 6.09 Å². The highest BCUT2D eigenvalue weighted by Gasteiger charge is 2.22. The minimum atomic E-state index is -1.10. The van der Waals surface area contributed by atoms with Crippen LogP contribution in [-0.2, 0) is 0 Å². The molecule has 0 aromatic rings. The zero-order valence-corrected chi connectivity index (χ0v) is 6.22. The van der Waals surface area contributed by atoms with Gasteiger partial charge < -0.3 is 15.5 Å². The summed E-state index contributed by atoms with van der Waals surface area (Å²) in [6.45, 7) is 3.29. The molecule has 4 heteroatoms. The number of nitrogens with one attached hydrogen (secondary N) is 1. The number of aliphatic hydroxyl groups excluding tert-OH is 1. The monoisotopic (exact) mass is 147 g/mol. The fourth-order valence-corrected chi connectivity index (χ4v) is 0.498. The molecular formula is C6H13NO3. The Balaban J connectivity index is 3.92. The number of carboxylic acid groups (broad SMARTS) is 1. The molecule has 1 unspecified atom stereocenters. The van der Waals surface area contributed by atoms with E-state index in [1.807, 2.05) is 6.92 Å². The van der Waals surface area contributed by atoms with E-state index in [2.05, 4.69) is 5.32 Å². The maximum absolute atomic E-state index is 10.1. The quantitative estimate of drug-likeness (QED) is 0.541. The molecule has 0 saturated heterocycles. The summed E-state index contributed by atoms with van der Waals surface area (Å²) < 4.78 is 0. The van der Waals surface area contributed by atoms with Gasteiger partial charge in [0.25, 0.3) is 0 Å². The third-order valence-corrected chi connectivity index (χ3v) is 1.54. The lowest BCUT2D eigenvalue weighted by Gasteiger charge is -2.24. The van der Waals surface area contributed by atoms with Gasteiger partial charge in [-0.1, -0.05) is 6.92 Å². The Kier molecular flexibility index (Phi) is 3.15. The molecule has 0 heterocycles. The Labute approximate surface area is 59.9 Å². The van der Waals surface area contributed by atoms with Gasteiger partial charge in [-0.15, -0.1) is 0 Å². The van der Waals surface area contributed by atoms with Crippen molar-refractivity contribution in [3.63, 3.8) is 0 Å². The van der Waals surface area contributed by atoms with E-state index in [0.29, 0.717) is 6.42 Å². The van der Waals surface area contributed by atoms with Crippen LogP contribution in [0.25, 0.3) is 0 Å². The zero-order chi connectivity index (χ0) is 8.20. The molecule has 0 aromatic heterocycles. The van der Waals surface area contributed by atoms with Crippen molar-refractivity contribution < 1.29 is 15.0 Å². The lowest BCUT2D eigenvalue weighted by atomic mass is 10.0. The Bertz CT molecular complexity index is 120. The first-order valence-corrected chi connectivity index (χ1v) is 3.16. The summed E-state index contributed by atoms with van der Waals surface area (Å²) in [5.74, 6) is 0. The molecule has 0 radical (unpaired) electrons. The topological polar surface area (TPSA) is 69.6 Å². The SMILES string of the molecule is CCC(C)(CO)NC(=O)O. The molecule has 0 aliphatic heterocycles. The van der Waals surface area contributed by atoms with Crippen LogP contribution in [0.1, 0.15) is 20.3 Å². The summed E-state index contributed by atoms with van der Waals surface area (Å²) in [6.07, 6.45) is -0.520. The number of aliphatic hydroxyl groups is 1. The fourth-order valence-electron chi connectivity index (χ4n) is 0.498. The molecule has 0 aliphatic carbocycles. The van der Waals surface area contributed by atoms with Crippen LogP contribution < -0.4 is 5.32 Å². The number of amides is 1. The second kappa shape index (κ2) is 3.41. The minimum Gasteiger partial charge on any atom is -0.465 e. The van der Waals surface area contributed by atoms with Crippen molar-refractivity contribution in [1.29, 1.82) is 0 Å². The van der Waals surface area contributed by atoms with Crippen molar-refractivity contribution in [3.8, 4) is 0 Å². The molecule has 0 aromatic carbocycles. The van der Waals surface area contributed by atoms with E-state index in [-0.39, 0.29) is 6.61 Å². The predicted octanol–water partition coefficient (Wildman–Crippen LogP) is 0.415. The average Bonchev–Trinajstić information content (AvgIpc) is 1.87. The van der Waals surface area contributed by atoms with E-state index < -0.39 is 11.6 Å². The van der Waals surface area contributed by atoms with E-state index in [1.54, 1.807) is 6.92 Å². The molecule has 3 N–H and O–H groups in total. The van der Waals surface area contributed by atoms with Gasteiger partial charge in [0.15, 0.2) is 0 Å². The predicted molar refractivity (Wildman–Crippen MR) is 36.9 cm³/mol. The van der Waals surface area contributed by atoms with Gasteiger partial charge in [-0.3, -0.25) is 0 Å². The van der Waals surface area contributed by atoms with Crippen LogP contribution in [0, 0.1) is 0 Å². The summed E-state index contributed by atoms with van der Waals surface area (Å²) in [5, 5.41) is 19.2. The van der Waals surface area contributed by atoms with E-state index in [9.17, 15) is 4.79 Å². The Morgan fingerprint density at radius 1 is 1.70 bits per heavy atom. The van der Waals surface area contributed by atoms with Crippen molar-refractivity contribution in [3.05, 3.63) is 0 Å². The van der Waals surface area contributed by atoms with Gasteiger partial charge in [-0.05, 0) is 13.3 Å². The maximum atomic E-state index is 10.1. The number of rotatable bonds is 3. The Hall–Kier alpha value is -0.770. The standard InChI is InChI=1S/C6H13NO3/c1-3-6(2,4-8)7-5(9)10/h7-8H,3-4H2,1-2H3,(H,9,10). The second-order valence-corrected chi connectivity index (χ2v) is 2.50. The van der Waals surface area contributed by atoms with Gasteiger partial charge in [0.05, 0.1) is 12.1 Å². The van der Waals surface area contributed by atoms with Gasteiger partial charge in [-0.25, -0.2) is 4.79 Å². The molecule has 0 spiro atoms. The summed E-state index contributed by atoms with van der Waals surface area (Å²) >= 11 is 0. The molecule has 0 bridgehead atoms. The lowest BCUT2D eigenvalue weighted by Crippen LogP contribution is -2.47. The first kappa shape index (κ1) is 9.23. The van der Waals surface area contributed by atoms with Gasteiger partial charge in [0.1, 0.15) is 0 Å². The molecule has 0 rings (SSSR count). The van der Waals surface area contributed by atoms with Gasteiger partial charge in [-0.2, -0.15) is 0 Å². The van der Waals surface area contributed by atoms with Gasteiger partial charge in [0, 0.05) is 0 Å². The van der Waals surface area contributed by atoms with Crippen molar-refractivity contribution in [2.75, 3.05) is 6.61 Å². The molecule has 1 amide bonds. The molecule has 0 aliphatic rings. The summed E-state index contributed by atoms with van der Waals surface area (Å²) in [5.41, 5.74) is -0.689. The molecule has 0 fully saturated rings. The molecule has 0 saturated carbocycles. The van der Waals surface area contributed by atoms with Crippen molar-refractivity contribution in [2.45, 2.75) is 25.8 Å². The van der Waals surface area contributed by atoms with E-state index in [0.717, 1.165) is 0 Å². The van der Waals surface area contributed by atoms with Crippen LogP contribution in [0.3, 0.4) is 0 Å².